The van der Waals surface area contributed by atoms with E-state index in [1.807, 2.05) is 44.2 Å². The van der Waals surface area contributed by atoms with Gasteiger partial charge in [-0.1, -0.05) is 42.5 Å². The van der Waals surface area contributed by atoms with Gasteiger partial charge in [0.25, 0.3) is 0 Å². The molecule has 0 radical (unpaired) electrons. The van der Waals surface area contributed by atoms with E-state index in [2.05, 4.69) is 5.32 Å². The summed E-state index contributed by atoms with van der Waals surface area (Å²) in [5.41, 5.74) is 7.68. The fraction of sp³-hybridized carbons (Fsp3) is 0.231. The van der Waals surface area contributed by atoms with Crippen LogP contribution in [0.3, 0.4) is 0 Å². The molecule has 0 saturated carbocycles. The molecule has 1 aromatic rings. The summed E-state index contributed by atoms with van der Waals surface area (Å²) in [5.74, 6) is 0. The first-order valence-electron chi connectivity index (χ1n) is 5.45. The minimum Gasteiger partial charge on any atom is -0.444 e. The second kappa shape index (κ2) is 6.76. The molecule has 4 nitrogen and oxygen atoms in total. The highest BCUT2D eigenvalue weighted by Gasteiger charge is 2.09. The van der Waals surface area contributed by atoms with Crippen LogP contribution in [0, 0.1) is 0 Å². The van der Waals surface area contributed by atoms with Crippen LogP contribution >= 0.6 is 12.2 Å². The second-order valence-electron chi connectivity index (χ2n) is 3.93. The first-order chi connectivity index (χ1) is 8.50. The van der Waals surface area contributed by atoms with Crippen LogP contribution < -0.4 is 11.1 Å². The SMILES string of the molecule is CC(C)=C(NC(=O)OCc1ccccc1)C(N)=S. The number of hydrogen-bond donors (Lipinski definition) is 2. The first-order valence-corrected chi connectivity index (χ1v) is 5.86. The molecule has 0 aliphatic carbocycles. The molecule has 18 heavy (non-hydrogen) atoms. The molecule has 0 unspecified atom stereocenters. The molecule has 0 spiro atoms. The summed E-state index contributed by atoms with van der Waals surface area (Å²) in [4.78, 5) is 11.7. The van der Waals surface area contributed by atoms with E-state index >= 15 is 0 Å². The average molecular weight is 264 g/mol. The van der Waals surface area contributed by atoms with Gasteiger partial charge in [-0.25, -0.2) is 4.79 Å². The Morgan fingerprint density at radius 1 is 1.33 bits per heavy atom. The number of benzene rings is 1. The van der Waals surface area contributed by atoms with E-state index in [1.165, 1.54) is 0 Å². The maximum Gasteiger partial charge on any atom is 0.412 e. The number of thiocarbonyl (C=S) groups is 1. The van der Waals surface area contributed by atoms with Crippen LogP contribution in [0.1, 0.15) is 19.4 Å². The van der Waals surface area contributed by atoms with Gasteiger partial charge >= 0.3 is 6.09 Å². The lowest BCUT2D eigenvalue weighted by Gasteiger charge is -2.11. The van der Waals surface area contributed by atoms with Gasteiger partial charge in [0, 0.05) is 0 Å². The van der Waals surface area contributed by atoms with Crippen molar-refractivity contribution in [3.8, 4) is 0 Å². The van der Waals surface area contributed by atoms with Crippen LogP contribution in [0.2, 0.25) is 0 Å². The number of nitrogens with one attached hydrogen (secondary N) is 1. The van der Waals surface area contributed by atoms with Crippen molar-refractivity contribution in [1.82, 2.24) is 5.32 Å². The van der Waals surface area contributed by atoms with Gasteiger partial charge in [-0.2, -0.15) is 0 Å². The summed E-state index contributed by atoms with van der Waals surface area (Å²) in [6.45, 7) is 3.83. The minimum absolute atomic E-state index is 0.145. The van der Waals surface area contributed by atoms with Crippen molar-refractivity contribution < 1.29 is 9.53 Å². The fourth-order valence-corrected chi connectivity index (χ4v) is 1.55. The molecule has 1 amide bonds. The molecule has 0 saturated heterocycles. The van der Waals surface area contributed by atoms with Gasteiger partial charge in [0.05, 0.1) is 5.70 Å². The number of hydrogen-bond acceptors (Lipinski definition) is 3. The highest BCUT2D eigenvalue weighted by Crippen LogP contribution is 2.03. The zero-order chi connectivity index (χ0) is 13.5. The highest BCUT2D eigenvalue weighted by atomic mass is 32.1. The fourth-order valence-electron chi connectivity index (χ4n) is 1.29. The van der Waals surface area contributed by atoms with E-state index in [-0.39, 0.29) is 11.6 Å². The number of ether oxygens (including phenoxy) is 1. The quantitative estimate of drug-likeness (QED) is 0.648. The highest BCUT2D eigenvalue weighted by molar-refractivity contribution is 7.80. The summed E-state index contributed by atoms with van der Waals surface area (Å²) < 4.78 is 5.06. The molecule has 5 heteroatoms. The van der Waals surface area contributed by atoms with E-state index < -0.39 is 6.09 Å². The maximum absolute atomic E-state index is 11.6. The predicted molar refractivity (Wildman–Crippen MR) is 74.9 cm³/mol. The third-order valence-electron chi connectivity index (χ3n) is 2.19. The Hall–Kier alpha value is -1.88. The number of nitrogens with two attached hydrogens (primary N) is 1. The normalized spacial score (nSPS) is 9.44. The zero-order valence-corrected chi connectivity index (χ0v) is 11.2. The van der Waals surface area contributed by atoms with Gasteiger partial charge in [-0.15, -0.1) is 0 Å². The van der Waals surface area contributed by atoms with Crippen LogP contribution in [-0.4, -0.2) is 11.1 Å². The number of allylic oxidation sites excluding steroid dienone is 1. The van der Waals surface area contributed by atoms with Crippen LogP contribution in [0.4, 0.5) is 4.79 Å². The van der Waals surface area contributed by atoms with Gasteiger partial charge in [0.15, 0.2) is 0 Å². The Morgan fingerprint density at radius 3 is 2.44 bits per heavy atom. The van der Waals surface area contributed by atoms with E-state index in [0.29, 0.717) is 5.70 Å². The van der Waals surface area contributed by atoms with E-state index in [9.17, 15) is 4.79 Å². The Balaban J connectivity index is 2.52. The Morgan fingerprint density at radius 2 is 1.94 bits per heavy atom. The van der Waals surface area contributed by atoms with E-state index in [4.69, 9.17) is 22.7 Å². The lowest BCUT2D eigenvalue weighted by atomic mass is 10.2. The summed E-state index contributed by atoms with van der Waals surface area (Å²) in [7, 11) is 0. The molecule has 0 aliphatic rings. The Labute approximate surface area is 112 Å². The van der Waals surface area contributed by atoms with Crippen molar-refractivity contribution in [3.63, 3.8) is 0 Å². The number of rotatable bonds is 4. The molecule has 1 rings (SSSR count). The standard InChI is InChI=1S/C13H16N2O2S/c1-9(2)11(12(14)18)15-13(16)17-8-10-6-4-3-5-7-10/h3-7H,8H2,1-2H3,(H2,14,18)(H,15,16). The lowest BCUT2D eigenvalue weighted by Crippen LogP contribution is -2.31. The molecule has 0 atom stereocenters. The molecule has 0 bridgehead atoms. The first kappa shape index (κ1) is 14.2. The van der Waals surface area contributed by atoms with Crippen molar-refractivity contribution in [2.24, 2.45) is 5.73 Å². The molecule has 0 fully saturated rings. The third-order valence-corrected chi connectivity index (χ3v) is 2.39. The topological polar surface area (TPSA) is 64.3 Å². The smallest absolute Gasteiger partial charge is 0.412 e. The van der Waals surface area contributed by atoms with Crippen molar-refractivity contribution in [3.05, 3.63) is 47.2 Å². The van der Waals surface area contributed by atoms with E-state index in [0.717, 1.165) is 11.1 Å². The summed E-state index contributed by atoms with van der Waals surface area (Å²) in [6.07, 6.45) is -0.567. The van der Waals surface area contributed by atoms with Crippen molar-refractivity contribution in [2.75, 3.05) is 0 Å². The molecular formula is C13H16N2O2S. The molecule has 3 N–H and O–H groups in total. The van der Waals surface area contributed by atoms with Gasteiger partial charge in [-0.05, 0) is 25.0 Å². The van der Waals surface area contributed by atoms with Crippen molar-refractivity contribution in [1.29, 1.82) is 0 Å². The third kappa shape index (κ3) is 4.55. The van der Waals surface area contributed by atoms with Crippen LogP contribution in [0.25, 0.3) is 0 Å². The second-order valence-corrected chi connectivity index (χ2v) is 4.37. The molecule has 0 aromatic heterocycles. The molecule has 0 aliphatic heterocycles. The monoisotopic (exact) mass is 264 g/mol. The van der Waals surface area contributed by atoms with Crippen molar-refractivity contribution in [2.45, 2.75) is 20.5 Å². The predicted octanol–water partition coefficient (Wildman–Crippen LogP) is 2.49. The minimum atomic E-state index is -0.567. The van der Waals surface area contributed by atoms with Crippen molar-refractivity contribution >= 4 is 23.3 Å². The van der Waals surface area contributed by atoms with Gasteiger partial charge in [0.2, 0.25) is 0 Å². The van der Waals surface area contributed by atoms with Gasteiger partial charge in [-0.3, -0.25) is 5.32 Å². The summed E-state index contributed by atoms with van der Waals surface area (Å²) >= 11 is 4.84. The Bertz CT molecular complexity index is 465. The van der Waals surface area contributed by atoms with Crippen LogP contribution in [0.15, 0.2) is 41.6 Å². The number of amides is 1. The Kier molecular flexibility index (Phi) is 5.32. The van der Waals surface area contributed by atoms with Gasteiger partial charge in [0.1, 0.15) is 11.6 Å². The lowest BCUT2D eigenvalue weighted by molar-refractivity contribution is 0.143. The molecular weight excluding hydrogens is 248 g/mol. The number of carbonyl (C=O) groups is 1. The molecule has 96 valence electrons. The van der Waals surface area contributed by atoms with Gasteiger partial charge < -0.3 is 10.5 Å². The number of carbonyl (C=O) groups excluding carboxylic acids is 1. The maximum atomic E-state index is 11.6. The van der Waals surface area contributed by atoms with E-state index in [1.54, 1.807) is 0 Å². The van der Waals surface area contributed by atoms with Crippen LogP contribution in [0.5, 0.6) is 0 Å². The number of alkyl carbamates (subject to hydrolysis) is 1. The summed E-state index contributed by atoms with van der Waals surface area (Å²) in [5, 5.41) is 2.54. The van der Waals surface area contributed by atoms with Crippen LogP contribution in [-0.2, 0) is 11.3 Å². The largest absolute Gasteiger partial charge is 0.444 e. The zero-order valence-electron chi connectivity index (χ0n) is 10.4. The average Bonchev–Trinajstić information content (AvgIpc) is 2.34. The molecule has 0 heterocycles. The summed E-state index contributed by atoms with van der Waals surface area (Å²) in [6, 6.07) is 9.42. The molecule has 1 aromatic carbocycles.